The van der Waals surface area contributed by atoms with Crippen LogP contribution < -0.4 is 20.1 Å². The second-order valence-corrected chi connectivity index (χ2v) is 6.18. The number of nitrogens with zero attached hydrogens (tertiary/aromatic N) is 2. The predicted octanol–water partition coefficient (Wildman–Crippen LogP) is 2.80. The number of aromatic nitrogens is 1. The molecule has 1 aromatic carbocycles. The zero-order valence-electron chi connectivity index (χ0n) is 15.5. The number of rotatable bonds is 6. The molecule has 1 aliphatic heterocycles. The molecule has 0 bridgehead atoms. The van der Waals surface area contributed by atoms with Crippen molar-refractivity contribution in [3.8, 4) is 11.5 Å². The average Bonchev–Trinajstić information content (AvgIpc) is 3.25. The zero-order valence-corrected chi connectivity index (χ0v) is 17.8. The number of hydrogen-bond donors (Lipinski definition) is 2. The van der Waals surface area contributed by atoms with Crippen molar-refractivity contribution in [2.24, 2.45) is 4.99 Å². The predicted molar refractivity (Wildman–Crippen MR) is 115 cm³/mol. The second-order valence-electron chi connectivity index (χ2n) is 6.18. The van der Waals surface area contributed by atoms with E-state index < -0.39 is 0 Å². The van der Waals surface area contributed by atoms with E-state index in [1.807, 2.05) is 24.5 Å². The van der Waals surface area contributed by atoms with E-state index in [4.69, 9.17) is 9.47 Å². The Hall–Kier alpha value is -1.90. The minimum absolute atomic E-state index is 0. The summed E-state index contributed by atoms with van der Waals surface area (Å²) >= 11 is 0. The first-order valence-corrected chi connectivity index (χ1v) is 8.61. The molecule has 2 N–H and O–H groups in total. The van der Waals surface area contributed by atoms with E-state index in [0.717, 1.165) is 42.5 Å². The Balaban J connectivity index is 0.00000243. The van der Waals surface area contributed by atoms with Crippen LogP contribution in [-0.2, 0) is 19.5 Å². The van der Waals surface area contributed by atoms with Crippen LogP contribution in [0.15, 0.2) is 41.7 Å². The number of halogens is 1. The Morgan fingerprint density at radius 3 is 2.77 bits per heavy atom. The highest BCUT2D eigenvalue weighted by atomic mass is 127. The number of ether oxygens (including phenoxy) is 2. The van der Waals surface area contributed by atoms with E-state index >= 15 is 0 Å². The summed E-state index contributed by atoms with van der Waals surface area (Å²) in [5.41, 5.74) is 2.27. The molecular formula is C19H27IN4O2. The molecule has 1 unspecified atom stereocenters. The molecule has 0 fully saturated rings. The Kier molecular flexibility index (Phi) is 7.62. The van der Waals surface area contributed by atoms with Crippen LogP contribution in [0.3, 0.4) is 0 Å². The van der Waals surface area contributed by atoms with Crippen molar-refractivity contribution in [3.63, 3.8) is 0 Å². The van der Waals surface area contributed by atoms with Crippen molar-refractivity contribution in [1.29, 1.82) is 0 Å². The number of hydrogen-bond acceptors (Lipinski definition) is 3. The average molecular weight is 470 g/mol. The lowest BCUT2D eigenvalue weighted by atomic mass is 10.1. The van der Waals surface area contributed by atoms with Gasteiger partial charge in [-0.1, -0.05) is 0 Å². The summed E-state index contributed by atoms with van der Waals surface area (Å²) < 4.78 is 13.5. The summed E-state index contributed by atoms with van der Waals surface area (Å²) in [5, 5.41) is 6.66. The zero-order chi connectivity index (χ0) is 17.6. The lowest BCUT2D eigenvalue weighted by Gasteiger charge is -2.15. The molecule has 26 heavy (non-hydrogen) atoms. The molecule has 7 heteroatoms. The minimum atomic E-state index is 0. The van der Waals surface area contributed by atoms with Gasteiger partial charge in [0.05, 0.1) is 7.11 Å². The van der Waals surface area contributed by atoms with E-state index in [0.29, 0.717) is 6.54 Å². The van der Waals surface area contributed by atoms with Gasteiger partial charge in [0.2, 0.25) is 0 Å². The Labute approximate surface area is 172 Å². The van der Waals surface area contributed by atoms with Crippen LogP contribution in [0.4, 0.5) is 0 Å². The lowest BCUT2D eigenvalue weighted by Crippen LogP contribution is -2.38. The third-order valence-corrected chi connectivity index (χ3v) is 4.30. The van der Waals surface area contributed by atoms with Gasteiger partial charge in [-0.15, -0.1) is 24.0 Å². The van der Waals surface area contributed by atoms with E-state index in [9.17, 15) is 0 Å². The summed E-state index contributed by atoms with van der Waals surface area (Å²) in [6.07, 6.45) is 5.26. The monoisotopic (exact) mass is 470 g/mol. The molecule has 6 nitrogen and oxygen atoms in total. The molecule has 0 saturated carbocycles. The summed E-state index contributed by atoms with van der Waals surface area (Å²) in [7, 11) is 3.48. The van der Waals surface area contributed by atoms with Crippen LogP contribution in [0, 0.1) is 0 Å². The number of aliphatic imine (C=N–C) groups is 1. The van der Waals surface area contributed by atoms with E-state index in [1.54, 1.807) is 14.2 Å². The third-order valence-electron chi connectivity index (χ3n) is 4.30. The molecule has 1 atom stereocenters. The highest BCUT2D eigenvalue weighted by Gasteiger charge is 2.21. The lowest BCUT2D eigenvalue weighted by molar-refractivity contribution is 0.254. The molecule has 0 saturated heterocycles. The van der Waals surface area contributed by atoms with Gasteiger partial charge >= 0.3 is 0 Å². The Morgan fingerprint density at radius 2 is 2.08 bits per heavy atom. The van der Waals surface area contributed by atoms with Gasteiger partial charge in [0, 0.05) is 56.6 Å². The molecule has 0 amide bonds. The summed E-state index contributed by atoms with van der Waals surface area (Å²) in [6.45, 7) is 4.40. The first-order valence-electron chi connectivity index (χ1n) is 8.61. The fourth-order valence-electron chi connectivity index (χ4n) is 3.03. The fraction of sp³-hybridized carbons (Fsp3) is 0.421. The molecule has 2 heterocycles. The van der Waals surface area contributed by atoms with Gasteiger partial charge in [-0.25, -0.2) is 0 Å². The Morgan fingerprint density at radius 1 is 1.31 bits per heavy atom. The summed E-state index contributed by atoms with van der Waals surface area (Å²) in [5.74, 6) is 2.61. The summed E-state index contributed by atoms with van der Waals surface area (Å²) in [4.78, 5) is 4.28. The van der Waals surface area contributed by atoms with Gasteiger partial charge in [-0.2, -0.15) is 0 Å². The maximum atomic E-state index is 5.85. The topological polar surface area (TPSA) is 59.8 Å². The molecule has 0 radical (unpaired) electrons. The summed E-state index contributed by atoms with van der Waals surface area (Å²) in [6, 6.07) is 8.20. The van der Waals surface area contributed by atoms with Gasteiger partial charge in [0.25, 0.3) is 0 Å². The number of benzene rings is 1. The molecule has 1 aromatic heterocycles. The smallest absolute Gasteiger partial charge is 0.191 e. The molecule has 0 spiro atoms. The molecule has 2 aromatic rings. The van der Waals surface area contributed by atoms with E-state index in [2.05, 4.69) is 39.2 Å². The maximum absolute atomic E-state index is 5.85. The molecule has 142 valence electrons. The number of methoxy groups -OCH3 is 1. The highest BCUT2D eigenvalue weighted by Crippen LogP contribution is 2.34. The standard InChI is InChI=1S/C19H26N4O2.HI/c1-14-10-15-11-17(24-3)16(12-18(15)25-14)13-22-19(20-2)21-6-9-23-7-4-5-8-23;/h4-5,7-8,11-12,14H,6,9-10,13H2,1-3H3,(H2,20,21,22);1H. The van der Waals surface area contributed by atoms with Gasteiger partial charge in [-0.05, 0) is 31.2 Å². The number of nitrogens with one attached hydrogen (secondary N) is 2. The second kappa shape index (κ2) is 9.70. The van der Waals surface area contributed by atoms with E-state index in [1.165, 1.54) is 5.56 Å². The first kappa shape index (κ1) is 20.4. The van der Waals surface area contributed by atoms with Crippen LogP contribution in [0.5, 0.6) is 11.5 Å². The normalized spacial score (nSPS) is 15.7. The van der Waals surface area contributed by atoms with Gasteiger partial charge in [0.1, 0.15) is 17.6 Å². The Bertz CT molecular complexity index is 731. The van der Waals surface area contributed by atoms with Gasteiger partial charge < -0.3 is 24.7 Å². The highest BCUT2D eigenvalue weighted by molar-refractivity contribution is 14.0. The van der Waals surface area contributed by atoms with Crippen molar-refractivity contribution in [1.82, 2.24) is 15.2 Å². The minimum Gasteiger partial charge on any atom is -0.496 e. The van der Waals surface area contributed by atoms with Crippen molar-refractivity contribution in [2.45, 2.75) is 32.5 Å². The number of guanidine groups is 1. The molecule has 0 aliphatic carbocycles. The fourth-order valence-corrected chi connectivity index (χ4v) is 3.03. The quantitative estimate of drug-likeness (QED) is 0.388. The van der Waals surface area contributed by atoms with Crippen LogP contribution in [0.1, 0.15) is 18.1 Å². The SMILES string of the molecule is CN=C(NCCn1cccc1)NCc1cc2c(cc1OC)CC(C)O2.I. The number of fused-ring (bicyclic) bond motifs is 1. The van der Waals surface area contributed by atoms with Crippen LogP contribution >= 0.6 is 24.0 Å². The van der Waals surface area contributed by atoms with Gasteiger partial charge in [0.15, 0.2) is 5.96 Å². The van der Waals surface area contributed by atoms with Crippen molar-refractivity contribution in [2.75, 3.05) is 20.7 Å². The van der Waals surface area contributed by atoms with Crippen molar-refractivity contribution in [3.05, 3.63) is 47.8 Å². The maximum Gasteiger partial charge on any atom is 0.191 e. The molecular weight excluding hydrogens is 443 g/mol. The van der Waals surface area contributed by atoms with Crippen LogP contribution in [-0.4, -0.2) is 37.3 Å². The third kappa shape index (κ3) is 5.06. The van der Waals surface area contributed by atoms with Crippen LogP contribution in [0.2, 0.25) is 0 Å². The van der Waals surface area contributed by atoms with Crippen molar-refractivity contribution >= 4 is 29.9 Å². The first-order chi connectivity index (χ1) is 12.2. The molecule has 1 aliphatic rings. The largest absolute Gasteiger partial charge is 0.496 e. The van der Waals surface area contributed by atoms with Crippen LogP contribution in [0.25, 0.3) is 0 Å². The molecule has 3 rings (SSSR count). The van der Waals surface area contributed by atoms with E-state index in [-0.39, 0.29) is 30.1 Å². The van der Waals surface area contributed by atoms with Gasteiger partial charge in [-0.3, -0.25) is 4.99 Å². The van der Waals surface area contributed by atoms with Crippen molar-refractivity contribution < 1.29 is 9.47 Å².